The number of aliphatic hydroxyl groups is 1. The molecule has 14 heteroatoms. The van der Waals surface area contributed by atoms with Gasteiger partial charge in [0.2, 0.25) is 11.8 Å². The van der Waals surface area contributed by atoms with Crippen LogP contribution >= 0.6 is 12.4 Å². The first-order chi connectivity index (χ1) is 16.5. The van der Waals surface area contributed by atoms with E-state index < -0.39 is 42.1 Å². The number of piperidine rings is 1. The summed E-state index contributed by atoms with van der Waals surface area (Å²) in [6.07, 6.45) is -5.56. The van der Waals surface area contributed by atoms with Gasteiger partial charge in [0.1, 0.15) is 6.17 Å². The summed E-state index contributed by atoms with van der Waals surface area (Å²) in [6, 6.07) is 2.09. The molecule has 2 unspecified atom stereocenters. The molecular formula is C22H25ClF4N6O3. The van der Waals surface area contributed by atoms with Gasteiger partial charge in [-0.3, -0.25) is 14.6 Å². The largest absolute Gasteiger partial charge is 0.433 e. The number of nitrogens with two attached hydrogens (primary N) is 1. The van der Waals surface area contributed by atoms with Crippen LogP contribution in [0.15, 0.2) is 24.5 Å². The van der Waals surface area contributed by atoms with Crippen molar-refractivity contribution in [3.8, 4) is 11.4 Å². The second-order valence-electron chi connectivity index (χ2n) is 8.60. The molecule has 0 saturated carbocycles. The average Bonchev–Trinajstić information content (AvgIpc) is 2.83. The molecule has 0 aromatic carbocycles. The lowest BCUT2D eigenvalue weighted by molar-refractivity contribution is -0.155. The Hall–Kier alpha value is -2.90. The van der Waals surface area contributed by atoms with E-state index in [9.17, 15) is 32.3 Å². The number of alkyl halides is 4. The van der Waals surface area contributed by atoms with Crippen LogP contribution < -0.4 is 5.73 Å². The topological polar surface area (TPSA) is 126 Å². The summed E-state index contributed by atoms with van der Waals surface area (Å²) < 4.78 is 55.0. The Balaban J connectivity index is 0.00000361. The van der Waals surface area contributed by atoms with E-state index in [0.29, 0.717) is 5.56 Å². The minimum absolute atomic E-state index is 0. The van der Waals surface area contributed by atoms with Crippen molar-refractivity contribution >= 4 is 24.2 Å². The molecule has 1 fully saturated rings. The molecule has 0 radical (unpaired) electrons. The van der Waals surface area contributed by atoms with Gasteiger partial charge in [0, 0.05) is 55.5 Å². The van der Waals surface area contributed by atoms with Crippen LogP contribution in [0.25, 0.3) is 11.4 Å². The van der Waals surface area contributed by atoms with Gasteiger partial charge >= 0.3 is 6.18 Å². The molecule has 9 nitrogen and oxygen atoms in total. The van der Waals surface area contributed by atoms with E-state index >= 15 is 0 Å². The fourth-order valence-electron chi connectivity index (χ4n) is 4.29. The molecule has 2 amide bonds. The fraction of sp³-hybridized carbons (Fsp3) is 0.500. The number of aliphatic hydroxyl groups excluding tert-OH is 1. The van der Waals surface area contributed by atoms with E-state index in [-0.39, 0.29) is 74.8 Å². The number of hydrogen-bond donors (Lipinski definition) is 2. The summed E-state index contributed by atoms with van der Waals surface area (Å²) in [5.41, 5.74) is 5.36. The van der Waals surface area contributed by atoms with Crippen LogP contribution in [0.3, 0.4) is 0 Å². The molecule has 0 spiro atoms. The van der Waals surface area contributed by atoms with Crippen molar-refractivity contribution < 1.29 is 32.3 Å². The molecule has 2 aromatic rings. The summed E-state index contributed by atoms with van der Waals surface area (Å²) in [5, 5.41) is 9.93. The number of amides is 2. The predicted octanol–water partition coefficient (Wildman–Crippen LogP) is 1.86. The standard InChI is InChI=1S/C22H24F4N6O3.ClH/c23-15-1-2-17(33)32(21(15)35)10-13(27)9-18(34)31-8-5-14-16(11-31)29-20(12-3-6-28-7-4-12)30-19(14)22(24,25)26;/h3-4,6-7,13,15,21,35H,1-2,5,8-11,27H2;1H/t13-,15?,21?;/m0./s1. The van der Waals surface area contributed by atoms with Crippen LogP contribution in [0.1, 0.15) is 36.2 Å². The maximum Gasteiger partial charge on any atom is 0.433 e. The molecule has 3 N–H and O–H groups in total. The van der Waals surface area contributed by atoms with E-state index in [0.717, 1.165) is 4.90 Å². The number of halogens is 5. The Morgan fingerprint density at radius 3 is 2.58 bits per heavy atom. The minimum Gasteiger partial charge on any atom is -0.370 e. The number of aromatic nitrogens is 3. The van der Waals surface area contributed by atoms with Crippen molar-refractivity contribution in [2.24, 2.45) is 5.73 Å². The first-order valence-corrected chi connectivity index (χ1v) is 11.1. The predicted molar refractivity (Wildman–Crippen MR) is 121 cm³/mol. The number of hydrogen-bond acceptors (Lipinski definition) is 7. The number of pyridine rings is 1. The lowest BCUT2D eigenvalue weighted by atomic mass is 10.0. The number of fused-ring (bicyclic) bond motifs is 1. The van der Waals surface area contributed by atoms with Crippen molar-refractivity contribution in [2.75, 3.05) is 13.1 Å². The molecule has 1 saturated heterocycles. The zero-order valence-corrected chi connectivity index (χ0v) is 19.8. The summed E-state index contributed by atoms with van der Waals surface area (Å²) in [6.45, 7) is -0.372. The Labute approximate surface area is 210 Å². The molecule has 3 atom stereocenters. The van der Waals surface area contributed by atoms with Crippen LogP contribution in [-0.2, 0) is 28.7 Å². The van der Waals surface area contributed by atoms with Gasteiger partial charge in [-0.25, -0.2) is 14.4 Å². The van der Waals surface area contributed by atoms with Crippen molar-refractivity contribution in [1.29, 1.82) is 0 Å². The fourth-order valence-corrected chi connectivity index (χ4v) is 4.29. The van der Waals surface area contributed by atoms with E-state index in [1.165, 1.54) is 29.4 Å². The van der Waals surface area contributed by atoms with E-state index in [1.807, 2.05) is 0 Å². The molecule has 2 aliphatic heterocycles. The molecule has 2 aliphatic rings. The first kappa shape index (κ1) is 27.7. The minimum atomic E-state index is -4.70. The molecule has 0 bridgehead atoms. The Morgan fingerprint density at radius 2 is 1.92 bits per heavy atom. The lowest BCUT2D eigenvalue weighted by Crippen LogP contribution is -2.54. The number of rotatable bonds is 5. The number of carbonyl (C=O) groups is 2. The van der Waals surface area contributed by atoms with Gasteiger partial charge in [-0.2, -0.15) is 13.2 Å². The second-order valence-corrected chi connectivity index (χ2v) is 8.60. The summed E-state index contributed by atoms with van der Waals surface area (Å²) in [4.78, 5) is 39.0. The summed E-state index contributed by atoms with van der Waals surface area (Å²) in [7, 11) is 0. The Morgan fingerprint density at radius 1 is 1.22 bits per heavy atom. The monoisotopic (exact) mass is 532 g/mol. The van der Waals surface area contributed by atoms with Gasteiger partial charge in [0.05, 0.1) is 12.2 Å². The Bertz CT molecular complexity index is 1110. The van der Waals surface area contributed by atoms with E-state index in [1.54, 1.807) is 0 Å². The Kier molecular flexibility index (Phi) is 8.47. The maximum atomic E-state index is 13.8. The van der Waals surface area contributed by atoms with Gasteiger partial charge in [-0.05, 0) is 25.0 Å². The third-order valence-electron chi connectivity index (χ3n) is 6.09. The highest BCUT2D eigenvalue weighted by atomic mass is 35.5. The normalized spacial score (nSPS) is 21.0. The van der Waals surface area contributed by atoms with Gasteiger partial charge < -0.3 is 20.6 Å². The van der Waals surface area contributed by atoms with Gasteiger partial charge in [-0.15, -0.1) is 12.4 Å². The van der Waals surface area contributed by atoms with Crippen molar-refractivity contribution in [2.45, 2.75) is 56.8 Å². The zero-order valence-electron chi connectivity index (χ0n) is 19.0. The van der Waals surface area contributed by atoms with Crippen molar-refractivity contribution in [3.63, 3.8) is 0 Å². The summed E-state index contributed by atoms with van der Waals surface area (Å²) >= 11 is 0. The molecular weight excluding hydrogens is 508 g/mol. The number of likely N-dealkylation sites (tertiary alicyclic amines) is 1. The van der Waals surface area contributed by atoms with E-state index in [2.05, 4.69) is 15.0 Å². The van der Waals surface area contributed by atoms with Crippen molar-refractivity contribution in [1.82, 2.24) is 24.8 Å². The van der Waals surface area contributed by atoms with Crippen LogP contribution in [-0.4, -0.2) is 73.2 Å². The molecule has 36 heavy (non-hydrogen) atoms. The van der Waals surface area contributed by atoms with Crippen molar-refractivity contribution in [3.05, 3.63) is 41.5 Å². The maximum absolute atomic E-state index is 13.8. The van der Waals surface area contributed by atoms with Crippen LogP contribution in [0.2, 0.25) is 0 Å². The van der Waals surface area contributed by atoms with Crippen LogP contribution in [0.4, 0.5) is 17.6 Å². The molecule has 0 aliphatic carbocycles. The number of carbonyl (C=O) groups excluding carboxylic acids is 2. The lowest BCUT2D eigenvalue weighted by Gasteiger charge is -2.36. The smallest absolute Gasteiger partial charge is 0.370 e. The number of nitrogens with zero attached hydrogens (tertiary/aromatic N) is 5. The van der Waals surface area contributed by atoms with Gasteiger partial charge in [-0.1, -0.05) is 0 Å². The highest BCUT2D eigenvalue weighted by Gasteiger charge is 2.40. The second kappa shape index (κ2) is 11.0. The van der Waals surface area contributed by atoms with E-state index in [4.69, 9.17) is 5.73 Å². The van der Waals surface area contributed by atoms with Gasteiger partial charge in [0.25, 0.3) is 0 Å². The third-order valence-corrected chi connectivity index (χ3v) is 6.09. The molecule has 196 valence electrons. The molecule has 4 heterocycles. The first-order valence-electron chi connectivity index (χ1n) is 11.1. The third kappa shape index (κ3) is 5.90. The quantitative estimate of drug-likeness (QED) is 0.563. The van der Waals surface area contributed by atoms with Crippen LogP contribution in [0, 0.1) is 0 Å². The SMILES string of the molecule is Cl.N[C@@H](CC(=O)N1CCc2c(nc(-c3ccncc3)nc2C(F)(F)F)C1)CN1C(=O)CCC(F)C1O. The summed E-state index contributed by atoms with van der Waals surface area (Å²) in [5.74, 6) is -1.03. The van der Waals surface area contributed by atoms with Gasteiger partial charge in [0.15, 0.2) is 17.7 Å². The molecule has 2 aromatic heterocycles. The van der Waals surface area contributed by atoms with Crippen LogP contribution in [0.5, 0.6) is 0 Å². The highest BCUT2D eigenvalue weighted by Crippen LogP contribution is 2.35. The highest BCUT2D eigenvalue weighted by molar-refractivity contribution is 5.85. The molecule has 4 rings (SSSR count). The average molecular weight is 533 g/mol. The zero-order chi connectivity index (χ0) is 25.3.